The Labute approximate surface area is 93.5 Å². The van der Waals surface area contributed by atoms with Crippen molar-refractivity contribution in [3.8, 4) is 0 Å². The fourth-order valence-corrected chi connectivity index (χ4v) is 2.87. The summed E-state index contributed by atoms with van der Waals surface area (Å²) in [7, 11) is -2.50. The van der Waals surface area contributed by atoms with Gasteiger partial charge in [-0.3, -0.25) is 4.18 Å². The largest absolute Gasteiger partial charge is 0.297 e. The van der Waals surface area contributed by atoms with Gasteiger partial charge in [-0.05, 0) is 34.1 Å². The molecule has 13 heavy (non-hydrogen) atoms. The van der Waals surface area contributed by atoms with E-state index in [1.165, 1.54) is 6.07 Å². The molecule has 0 aromatic heterocycles. The molecule has 0 aliphatic rings. The molecule has 0 aliphatic heterocycles. The lowest BCUT2D eigenvalue weighted by atomic mass is 10.4. The monoisotopic (exact) mass is 328 g/mol. The van der Waals surface area contributed by atoms with Crippen LogP contribution in [0.4, 0.5) is 0 Å². The third-order valence-electron chi connectivity index (χ3n) is 1.38. The second-order valence-corrected chi connectivity index (χ2v) is 5.65. The highest BCUT2D eigenvalue weighted by Gasteiger charge is 2.16. The third-order valence-corrected chi connectivity index (χ3v) is 4.14. The maximum Gasteiger partial charge on any atom is 0.297 e. The van der Waals surface area contributed by atoms with Gasteiger partial charge in [0.15, 0.2) is 0 Å². The van der Waals surface area contributed by atoms with Crippen molar-refractivity contribution in [1.29, 1.82) is 0 Å². The van der Waals surface area contributed by atoms with Crippen LogP contribution < -0.4 is 0 Å². The lowest BCUT2D eigenvalue weighted by Crippen LogP contribution is -2.03. The Balaban J connectivity index is 3.38. The van der Waals surface area contributed by atoms with Gasteiger partial charge in [-0.15, -0.1) is 0 Å². The molecule has 0 spiro atoms. The number of hydrogen-bond donors (Lipinski definition) is 0. The lowest BCUT2D eigenvalue weighted by molar-refractivity contribution is 0.397. The van der Waals surface area contributed by atoms with Gasteiger partial charge in [0.2, 0.25) is 0 Å². The predicted molar refractivity (Wildman–Crippen MR) is 56.0 cm³/mol. The number of rotatable bonds is 2. The first-order chi connectivity index (χ1) is 5.97. The van der Waals surface area contributed by atoms with Crippen molar-refractivity contribution in [2.45, 2.75) is 4.90 Å². The van der Waals surface area contributed by atoms with Gasteiger partial charge in [-0.25, -0.2) is 0 Å². The molecule has 0 saturated carbocycles. The standard InChI is InChI=1S/C7H6Br2O3S/c1-12-13(10,11)7-4-5(8)2-3-6(7)9/h2-4H,1H3. The van der Waals surface area contributed by atoms with Crippen LogP contribution >= 0.6 is 31.9 Å². The zero-order valence-corrected chi connectivity index (χ0v) is 10.6. The summed E-state index contributed by atoms with van der Waals surface area (Å²) >= 11 is 6.30. The van der Waals surface area contributed by atoms with E-state index in [-0.39, 0.29) is 4.90 Å². The summed E-state index contributed by atoms with van der Waals surface area (Å²) in [5, 5.41) is 0. The molecule has 0 unspecified atom stereocenters. The number of benzene rings is 1. The van der Waals surface area contributed by atoms with E-state index in [0.29, 0.717) is 8.95 Å². The Bertz CT molecular complexity index is 414. The van der Waals surface area contributed by atoms with Crippen LogP contribution in [0, 0.1) is 0 Å². The van der Waals surface area contributed by atoms with Gasteiger partial charge in [0.05, 0.1) is 7.11 Å². The quantitative estimate of drug-likeness (QED) is 0.783. The average Bonchev–Trinajstić information content (AvgIpc) is 2.09. The minimum atomic E-state index is -3.63. The highest BCUT2D eigenvalue weighted by molar-refractivity contribution is 9.11. The van der Waals surface area contributed by atoms with E-state index in [4.69, 9.17) is 0 Å². The van der Waals surface area contributed by atoms with Crippen LogP contribution in [0.15, 0.2) is 32.0 Å². The second-order valence-electron chi connectivity index (χ2n) is 2.20. The van der Waals surface area contributed by atoms with Crippen molar-refractivity contribution >= 4 is 42.0 Å². The van der Waals surface area contributed by atoms with E-state index in [1.807, 2.05) is 0 Å². The van der Waals surface area contributed by atoms with Crippen LogP contribution in [0.5, 0.6) is 0 Å². The highest BCUT2D eigenvalue weighted by Crippen LogP contribution is 2.26. The molecule has 0 radical (unpaired) electrons. The molecular weight excluding hydrogens is 324 g/mol. The minimum absolute atomic E-state index is 0.115. The Kier molecular flexibility index (Phi) is 3.50. The molecule has 0 atom stereocenters. The highest BCUT2D eigenvalue weighted by atomic mass is 79.9. The second kappa shape index (κ2) is 4.08. The minimum Gasteiger partial charge on any atom is -0.270 e. The van der Waals surface area contributed by atoms with Crippen LogP contribution in [0.3, 0.4) is 0 Å². The van der Waals surface area contributed by atoms with E-state index < -0.39 is 10.1 Å². The summed E-state index contributed by atoms with van der Waals surface area (Å²) in [6.45, 7) is 0. The van der Waals surface area contributed by atoms with Crippen molar-refractivity contribution in [3.05, 3.63) is 27.1 Å². The molecule has 0 aliphatic carbocycles. The fourth-order valence-electron chi connectivity index (χ4n) is 0.759. The summed E-state index contributed by atoms with van der Waals surface area (Å²) in [6, 6.07) is 4.84. The van der Waals surface area contributed by atoms with Crippen molar-refractivity contribution in [3.63, 3.8) is 0 Å². The molecule has 0 N–H and O–H groups in total. The first-order valence-electron chi connectivity index (χ1n) is 3.23. The van der Waals surface area contributed by atoms with E-state index >= 15 is 0 Å². The van der Waals surface area contributed by atoms with Gasteiger partial charge in [-0.2, -0.15) is 8.42 Å². The number of hydrogen-bond acceptors (Lipinski definition) is 3. The zero-order chi connectivity index (χ0) is 10.1. The molecule has 0 saturated heterocycles. The van der Waals surface area contributed by atoms with Crippen molar-refractivity contribution < 1.29 is 12.6 Å². The van der Waals surface area contributed by atoms with Crippen molar-refractivity contribution in [2.24, 2.45) is 0 Å². The Morgan fingerprint density at radius 3 is 2.46 bits per heavy atom. The lowest BCUT2D eigenvalue weighted by Gasteiger charge is -2.03. The molecule has 0 heterocycles. The SMILES string of the molecule is COS(=O)(=O)c1cc(Br)ccc1Br. The van der Waals surface area contributed by atoms with Crippen LogP contribution in [0.25, 0.3) is 0 Å². The number of halogens is 2. The molecule has 72 valence electrons. The van der Waals surface area contributed by atoms with Crippen molar-refractivity contribution in [1.82, 2.24) is 0 Å². The van der Waals surface area contributed by atoms with Crippen LogP contribution in [-0.2, 0) is 14.3 Å². The molecule has 6 heteroatoms. The fraction of sp³-hybridized carbons (Fsp3) is 0.143. The summed E-state index contributed by atoms with van der Waals surface area (Å²) in [5.74, 6) is 0. The normalized spacial score (nSPS) is 11.6. The molecule has 0 bridgehead atoms. The van der Waals surface area contributed by atoms with Crippen LogP contribution in [-0.4, -0.2) is 15.5 Å². The summed E-state index contributed by atoms with van der Waals surface area (Å²) in [6.07, 6.45) is 0. The molecule has 0 amide bonds. The predicted octanol–water partition coefficient (Wildman–Crippen LogP) is 2.55. The van der Waals surface area contributed by atoms with Gasteiger partial charge >= 0.3 is 0 Å². The smallest absolute Gasteiger partial charge is 0.270 e. The van der Waals surface area contributed by atoms with E-state index in [9.17, 15) is 8.42 Å². The van der Waals surface area contributed by atoms with Crippen molar-refractivity contribution in [2.75, 3.05) is 7.11 Å². The molecule has 1 aromatic rings. The topological polar surface area (TPSA) is 43.4 Å². The first-order valence-corrected chi connectivity index (χ1v) is 6.22. The zero-order valence-electron chi connectivity index (χ0n) is 6.62. The molecule has 3 nitrogen and oxygen atoms in total. The molecule has 1 aromatic carbocycles. The average molecular weight is 330 g/mol. The first kappa shape index (κ1) is 11.2. The molecule has 0 fully saturated rings. The molecule has 1 rings (SSSR count). The summed E-state index contributed by atoms with van der Waals surface area (Å²) in [5.41, 5.74) is 0. The third kappa shape index (κ3) is 2.52. The Morgan fingerprint density at radius 1 is 1.31 bits per heavy atom. The summed E-state index contributed by atoms with van der Waals surface area (Å²) < 4.78 is 28.2. The van der Waals surface area contributed by atoms with Gasteiger partial charge < -0.3 is 0 Å². The van der Waals surface area contributed by atoms with Gasteiger partial charge in [0, 0.05) is 8.95 Å². The summed E-state index contributed by atoms with van der Waals surface area (Å²) in [4.78, 5) is 0.115. The maximum absolute atomic E-state index is 11.3. The van der Waals surface area contributed by atoms with E-state index in [0.717, 1.165) is 7.11 Å². The molecular formula is C7H6Br2O3S. The Morgan fingerprint density at radius 2 is 1.92 bits per heavy atom. The Hall–Kier alpha value is 0.0900. The van der Waals surface area contributed by atoms with Gasteiger partial charge in [0.25, 0.3) is 10.1 Å². The van der Waals surface area contributed by atoms with E-state index in [2.05, 4.69) is 36.0 Å². The van der Waals surface area contributed by atoms with Gasteiger partial charge in [0.1, 0.15) is 4.90 Å². The van der Waals surface area contributed by atoms with Crippen LogP contribution in [0.1, 0.15) is 0 Å². The van der Waals surface area contributed by atoms with E-state index in [1.54, 1.807) is 12.1 Å². The van der Waals surface area contributed by atoms with Gasteiger partial charge in [-0.1, -0.05) is 15.9 Å². The van der Waals surface area contributed by atoms with Crippen LogP contribution in [0.2, 0.25) is 0 Å². The maximum atomic E-state index is 11.3.